The summed E-state index contributed by atoms with van der Waals surface area (Å²) < 4.78 is 37.2. The number of benzene rings is 1. The van der Waals surface area contributed by atoms with E-state index in [0.29, 0.717) is 28.6 Å². The molecule has 0 bridgehead atoms. The molecule has 0 aliphatic carbocycles. The van der Waals surface area contributed by atoms with Gasteiger partial charge in [-0.1, -0.05) is 5.16 Å². The van der Waals surface area contributed by atoms with Crippen molar-refractivity contribution in [3.63, 3.8) is 0 Å². The Hall–Kier alpha value is -3.09. The van der Waals surface area contributed by atoms with Gasteiger partial charge in [-0.2, -0.15) is 4.31 Å². The molecular weight excluding hydrogens is 474 g/mol. The summed E-state index contributed by atoms with van der Waals surface area (Å²) >= 11 is 0. The van der Waals surface area contributed by atoms with Crippen molar-refractivity contribution in [1.82, 2.24) is 19.3 Å². The quantitative estimate of drug-likeness (QED) is 0.485. The number of rotatable bonds is 5. The molecule has 2 aliphatic heterocycles. The van der Waals surface area contributed by atoms with Crippen molar-refractivity contribution < 1.29 is 27.6 Å². The van der Waals surface area contributed by atoms with Crippen LogP contribution in [0, 0.1) is 13.8 Å². The number of carbonyl (C=O) groups is 1. The fraction of sp³-hybridized carbons (Fsp3) is 0.478. The first kappa shape index (κ1) is 23.6. The number of H-pyrrole nitrogens is 1. The van der Waals surface area contributed by atoms with Crippen molar-refractivity contribution in [1.29, 1.82) is 0 Å². The van der Waals surface area contributed by atoms with Gasteiger partial charge in [0.15, 0.2) is 5.76 Å². The highest BCUT2D eigenvalue weighted by Crippen LogP contribution is 2.49. The van der Waals surface area contributed by atoms with E-state index in [1.54, 1.807) is 32.8 Å². The average molecular weight is 504 g/mol. The third-order valence-electron chi connectivity index (χ3n) is 7.16. The molecule has 0 radical (unpaired) electrons. The zero-order valence-corrected chi connectivity index (χ0v) is 20.9. The molecule has 35 heavy (non-hydrogen) atoms. The second kappa shape index (κ2) is 8.25. The smallest absolute Gasteiger partial charge is 0.322 e. The van der Waals surface area contributed by atoms with E-state index in [9.17, 15) is 18.3 Å². The lowest BCUT2D eigenvalue weighted by molar-refractivity contribution is 0.0551. The Morgan fingerprint density at radius 1 is 1.34 bits per heavy atom. The van der Waals surface area contributed by atoms with Gasteiger partial charge in [-0.25, -0.2) is 13.2 Å². The van der Waals surface area contributed by atoms with Gasteiger partial charge in [0.05, 0.1) is 25.5 Å². The normalized spacial score (nSPS) is 19.6. The number of ether oxygens (including phenoxy) is 1. The van der Waals surface area contributed by atoms with E-state index in [0.717, 1.165) is 16.5 Å². The minimum absolute atomic E-state index is 0.0104. The van der Waals surface area contributed by atoms with E-state index in [-0.39, 0.29) is 32.0 Å². The van der Waals surface area contributed by atoms with Gasteiger partial charge in [-0.05, 0) is 38.5 Å². The number of carbonyl (C=O) groups excluding carboxylic acids is 1. The molecule has 188 valence electrons. The number of aromatic nitrogens is 2. The maximum atomic E-state index is 13.5. The number of methoxy groups -OCH3 is 1. The van der Waals surface area contributed by atoms with E-state index in [1.807, 2.05) is 18.2 Å². The molecular formula is C23H29N5O6S. The van der Waals surface area contributed by atoms with Gasteiger partial charge < -0.3 is 29.6 Å². The molecule has 12 heteroatoms. The number of amides is 2. The van der Waals surface area contributed by atoms with E-state index in [4.69, 9.17) is 9.26 Å². The average Bonchev–Trinajstić information content (AvgIpc) is 3.36. The molecule has 3 N–H and O–H groups in total. The highest BCUT2D eigenvalue weighted by molar-refractivity contribution is 7.89. The van der Waals surface area contributed by atoms with Gasteiger partial charge in [-0.15, -0.1) is 0 Å². The zero-order chi connectivity index (χ0) is 25.1. The first-order chi connectivity index (χ1) is 16.6. The highest BCUT2D eigenvalue weighted by atomic mass is 32.2. The van der Waals surface area contributed by atoms with Gasteiger partial charge in [0.2, 0.25) is 10.0 Å². The van der Waals surface area contributed by atoms with Crippen LogP contribution in [-0.4, -0.2) is 78.0 Å². The number of urea groups is 1. The van der Waals surface area contributed by atoms with Crippen LogP contribution in [0.5, 0.6) is 5.75 Å². The number of sulfonamides is 1. The number of nitrogens with zero attached hydrogens (tertiary/aromatic N) is 3. The summed E-state index contributed by atoms with van der Waals surface area (Å²) in [6, 6.07) is 4.59. The fourth-order valence-electron chi connectivity index (χ4n) is 5.33. The molecule has 0 saturated carbocycles. The predicted octanol–water partition coefficient (Wildman–Crippen LogP) is 2.27. The van der Waals surface area contributed by atoms with Crippen molar-refractivity contribution in [2.24, 2.45) is 0 Å². The van der Waals surface area contributed by atoms with Crippen molar-refractivity contribution in [2.75, 3.05) is 44.4 Å². The lowest BCUT2D eigenvalue weighted by Crippen LogP contribution is -2.68. The second-order valence-electron chi connectivity index (χ2n) is 9.23. The van der Waals surface area contributed by atoms with Gasteiger partial charge in [-0.3, -0.25) is 0 Å². The van der Waals surface area contributed by atoms with E-state index in [2.05, 4.69) is 15.5 Å². The standard InChI is InChI=1S/C23H29N5O6S/c1-5-35(31,32)27-10-23(11-27)12-28(22(30)25-20-13(2)26-34-14(20)3)18(9-29)21-19(23)16-7-6-15(33-4)8-17(16)24-21/h6-8,18,24,29H,5,9-12H2,1-4H3,(H,25,30)/t18-/m1/s1. The minimum atomic E-state index is -3.38. The van der Waals surface area contributed by atoms with Crippen LogP contribution in [0.3, 0.4) is 0 Å². The summed E-state index contributed by atoms with van der Waals surface area (Å²) in [7, 11) is -1.80. The Labute approximate surface area is 203 Å². The largest absolute Gasteiger partial charge is 0.497 e. The number of hydrogen-bond donors (Lipinski definition) is 3. The van der Waals surface area contributed by atoms with Gasteiger partial charge in [0, 0.05) is 47.7 Å². The Morgan fingerprint density at radius 3 is 2.69 bits per heavy atom. The first-order valence-corrected chi connectivity index (χ1v) is 13.0. The van der Waals surface area contributed by atoms with Crippen LogP contribution >= 0.6 is 0 Å². The third kappa shape index (κ3) is 3.58. The van der Waals surface area contributed by atoms with Gasteiger partial charge >= 0.3 is 6.03 Å². The minimum Gasteiger partial charge on any atom is -0.497 e. The second-order valence-corrected chi connectivity index (χ2v) is 11.5. The number of fused-ring (bicyclic) bond motifs is 4. The van der Waals surface area contributed by atoms with Crippen LogP contribution in [0.4, 0.5) is 10.5 Å². The lowest BCUT2D eigenvalue weighted by Gasteiger charge is -2.55. The number of anilines is 1. The third-order valence-corrected chi connectivity index (χ3v) is 8.94. The molecule has 2 aliphatic rings. The molecule has 1 aromatic carbocycles. The number of hydrogen-bond acceptors (Lipinski definition) is 7. The number of aromatic amines is 1. The summed E-state index contributed by atoms with van der Waals surface area (Å²) in [6.45, 7) is 5.50. The molecule has 3 aromatic rings. The molecule has 1 spiro atoms. The number of aliphatic hydroxyl groups is 1. The molecule has 1 fully saturated rings. The van der Waals surface area contributed by atoms with Crippen molar-refractivity contribution >= 4 is 32.6 Å². The number of aliphatic hydroxyl groups excluding tert-OH is 1. The van der Waals surface area contributed by atoms with Crippen molar-refractivity contribution in [3.05, 3.63) is 40.9 Å². The first-order valence-electron chi connectivity index (χ1n) is 11.4. The molecule has 0 unspecified atom stereocenters. The van der Waals surface area contributed by atoms with Crippen molar-refractivity contribution in [2.45, 2.75) is 32.2 Å². The molecule has 4 heterocycles. The summed E-state index contributed by atoms with van der Waals surface area (Å²) in [5.74, 6) is 1.16. The maximum absolute atomic E-state index is 13.5. The van der Waals surface area contributed by atoms with E-state index >= 15 is 0 Å². The zero-order valence-electron chi connectivity index (χ0n) is 20.1. The maximum Gasteiger partial charge on any atom is 0.322 e. The summed E-state index contributed by atoms with van der Waals surface area (Å²) in [5.41, 5.74) is 2.85. The Balaban J connectivity index is 1.60. The van der Waals surface area contributed by atoms with Crippen LogP contribution in [-0.2, 0) is 15.4 Å². The Bertz CT molecular complexity index is 1390. The predicted molar refractivity (Wildman–Crippen MR) is 129 cm³/mol. The molecule has 1 atom stereocenters. The Morgan fingerprint density at radius 2 is 2.09 bits per heavy atom. The molecule has 11 nitrogen and oxygen atoms in total. The van der Waals surface area contributed by atoms with Crippen molar-refractivity contribution in [3.8, 4) is 5.75 Å². The van der Waals surface area contributed by atoms with Gasteiger partial charge in [0.25, 0.3) is 0 Å². The van der Waals surface area contributed by atoms with E-state index in [1.165, 1.54) is 4.31 Å². The van der Waals surface area contributed by atoms with Crippen LogP contribution in [0.15, 0.2) is 22.7 Å². The molecule has 2 aromatic heterocycles. The molecule has 2 amide bonds. The van der Waals surface area contributed by atoms with E-state index < -0.39 is 27.5 Å². The number of nitrogens with one attached hydrogen (secondary N) is 2. The van der Waals surface area contributed by atoms with Crippen LogP contribution in [0.25, 0.3) is 10.9 Å². The lowest BCUT2D eigenvalue weighted by atomic mass is 9.70. The van der Waals surface area contributed by atoms with Gasteiger partial charge in [0.1, 0.15) is 17.1 Å². The SMILES string of the molecule is CCS(=O)(=O)N1CC2(CN(C(=O)Nc3c(C)noc3C)[C@H](CO)c3[nH]c4cc(OC)ccc4c32)C1. The topological polar surface area (TPSA) is 141 Å². The molecule has 1 saturated heterocycles. The summed E-state index contributed by atoms with van der Waals surface area (Å²) in [5, 5.41) is 18.1. The monoisotopic (exact) mass is 503 g/mol. The van der Waals surface area contributed by atoms with Crippen LogP contribution in [0.1, 0.15) is 35.7 Å². The van der Waals surface area contributed by atoms with Crippen LogP contribution in [0.2, 0.25) is 0 Å². The summed E-state index contributed by atoms with van der Waals surface area (Å²) in [6.07, 6.45) is 0. The summed E-state index contributed by atoms with van der Waals surface area (Å²) in [4.78, 5) is 18.5. The Kier molecular flexibility index (Phi) is 5.57. The fourth-order valence-corrected chi connectivity index (χ4v) is 6.58. The van der Waals surface area contributed by atoms with Crippen LogP contribution < -0.4 is 10.1 Å². The number of aryl methyl sites for hydroxylation is 2. The highest BCUT2D eigenvalue weighted by Gasteiger charge is 2.56. The molecule has 5 rings (SSSR count).